The molecule has 5 nitrogen and oxygen atoms in total. The summed E-state index contributed by atoms with van der Waals surface area (Å²) < 4.78 is 51.4. The van der Waals surface area contributed by atoms with Crippen LogP contribution in [-0.4, -0.2) is 14.8 Å². The van der Waals surface area contributed by atoms with Crippen LogP contribution in [0.1, 0.15) is 5.56 Å². The van der Waals surface area contributed by atoms with Gasteiger partial charge in [0, 0.05) is 0 Å². The molecule has 0 aliphatic carbocycles. The molecule has 0 unspecified atom stereocenters. The van der Waals surface area contributed by atoms with Gasteiger partial charge in [-0.3, -0.25) is 0 Å². The third-order valence-electron chi connectivity index (χ3n) is 2.20. The summed E-state index contributed by atoms with van der Waals surface area (Å²) in [6, 6.07) is 0.512. The van der Waals surface area contributed by atoms with Crippen molar-refractivity contribution in [3.8, 4) is 5.82 Å². The first-order chi connectivity index (χ1) is 8.30. The highest BCUT2D eigenvalue weighted by Gasteiger charge is 2.35. The third-order valence-corrected chi connectivity index (χ3v) is 2.20. The molecule has 4 N–H and O–H groups in total. The van der Waals surface area contributed by atoms with E-state index in [1.807, 2.05) is 0 Å². The van der Waals surface area contributed by atoms with Crippen LogP contribution in [0.4, 0.5) is 29.1 Å². The fourth-order valence-electron chi connectivity index (χ4n) is 1.31. The molecule has 0 aromatic carbocycles. The summed E-state index contributed by atoms with van der Waals surface area (Å²) in [7, 11) is 0. The van der Waals surface area contributed by atoms with E-state index in [-0.39, 0.29) is 17.3 Å². The average Bonchev–Trinajstić information content (AvgIpc) is 2.59. The number of halogens is 4. The van der Waals surface area contributed by atoms with Gasteiger partial charge in [-0.1, -0.05) is 0 Å². The topological polar surface area (TPSA) is 82.8 Å². The predicted octanol–water partition coefficient (Wildman–Crippen LogP) is 1.59. The number of nitrogens with two attached hydrogens (primary N) is 2. The van der Waals surface area contributed by atoms with E-state index >= 15 is 0 Å². The molecular weight excluding hydrogens is 254 g/mol. The van der Waals surface area contributed by atoms with Gasteiger partial charge in [-0.15, -0.1) is 0 Å². The maximum absolute atomic E-state index is 13.0. The lowest BCUT2D eigenvalue weighted by atomic mass is 10.2. The molecule has 2 aromatic heterocycles. The van der Waals surface area contributed by atoms with E-state index in [1.165, 1.54) is 0 Å². The first-order valence-electron chi connectivity index (χ1n) is 4.63. The molecule has 0 saturated carbocycles. The monoisotopic (exact) mass is 261 g/mol. The Morgan fingerprint density at radius 1 is 1.17 bits per heavy atom. The largest absolute Gasteiger partial charge is 0.419 e. The lowest BCUT2D eigenvalue weighted by molar-refractivity contribution is -0.140. The van der Waals surface area contributed by atoms with Crippen LogP contribution in [-0.2, 0) is 6.18 Å². The van der Waals surface area contributed by atoms with Crippen LogP contribution >= 0.6 is 0 Å². The predicted molar refractivity (Wildman–Crippen MR) is 55.1 cm³/mol. The molecule has 18 heavy (non-hydrogen) atoms. The number of alkyl halides is 3. The molecule has 0 bridgehead atoms. The SMILES string of the molecule is Nc1cnn(-c2cc(C(F)(F)F)c(F)cn2)c1N. The quantitative estimate of drug-likeness (QED) is 0.763. The van der Waals surface area contributed by atoms with E-state index in [0.29, 0.717) is 12.3 Å². The maximum Gasteiger partial charge on any atom is 0.419 e. The zero-order valence-corrected chi connectivity index (χ0v) is 8.74. The van der Waals surface area contributed by atoms with Crippen molar-refractivity contribution < 1.29 is 17.6 Å². The number of nitrogen functional groups attached to an aromatic ring is 2. The van der Waals surface area contributed by atoms with E-state index in [1.54, 1.807) is 0 Å². The molecule has 0 aliphatic heterocycles. The summed E-state index contributed by atoms with van der Waals surface area (Å²) in [5.41, 5.74) is 9.54. The van der Waals surface area contributed by atoms with Crippen molar-refractivity contribution in [1.29, 1.82) is 0 Å². The maximum atomic E-state index is 13.0. The van der Waals surface area contributed by atoms with Crippen molar-refractivity contribution in [2.24, 2.45) is 0 Å². The van der Waals surface area contributed by atoms with Crippen molar-refractivity contribution in [3.63, 3.8) is 0 Å². The van der Waals surface area contributed by atoms with Gasteiger partial charge in [0.1, 0.15) is 0 Å². The van der Waals surface area contributed by atoms with Crippen LogP contribution in [0.2, 0.25) is 0 Å². The van der Waals surface area contributed by atoms with E-state index in [9.17, 15) is 17.6 Å². The molecule has 2 rings (SSSR count). The highest BCUT2D eigenvalue weighted by atomic mass is 19.4. The van der Waals surface area contributed by atoms with E-state index in [0.717, 1.165) is 10.9 Å². The summed E-state index contributed by atoms with van der Waals surface area (Å²) in [4.78, 5) is 3.49. The van der Waals surface area contributed by atoms with Gasteiger partial charge in [-0.2, -0.15) is 23.0 Å². The second-order valence-electron chi connectivity index (χ2n) is 3.42. The Balaban J connectivity index is 2.58. The van der Waals surface area contributed by atoms with Crippen LogP contribution in [0.5, 0.6) is 0 Å². The number of anilines is 2. The summed E-state index contributed by atoms with van der Waals surface area (Å²) in [5.74, 6) is -1.80. The number of nitrogens with zero attached hydrogens (tertiary/aromatic N) is 3. The number of hydrogen-bond donors (Lipinski definition) is 2. The van der Waals surface area contributed by atoms with Gasteiger partial charge in [-0.25, -0.2) is 9.37 Å². The van der Waals surface area contributed by atoms with E-state index in [2.05, 4.69) is 10.1 Å². The first kappa shape index (κ1) is 12.1. The molecule has 0 spiro atoms. The smallest absolute Gasteiger partial charge is 0.394 e. The van der Waals surface area contributed by atoms with Crippen LogP contribution in [0, 0.1) is 5.82 Å². The van der Waals surface area contributed by atoms with Gasteiger partial charge in [0.25, 0.3) is 0 Å². The molecule has 0 aliphatic rings. The molecule has 0 fully saturated rings. The highest BCUT2D eigenvalue weighted by Crippen LogP contribution is 2.32. The highest BCUT2D eigenvalue weighted by molar-refractivity contribution is 5.59. The molecule has 96 valence electrons. The Hall–Kier alpha value is -2.32. The number of aromatic nitrogens is 3. The molecule has 9 heteroatoms. The minimum absolute atomic E-state index is 0.0674. The van der Waals surface area contributed by atoms with Crippen LogP contribution < -0.4 is 11.5 Å². The second-order valence-corrected chi connectivity index (χ2v) is 3.42. The van der Waals surface area contributed by atoms with Crippen molar-refractivity contribution in [2.45, 2.75) is 6.18 Å². The van der Waals surface area contributed by atoms with Gasteiger partial charge >= 0.3 is 6.18 Å². The van der Waals surface area contributed by atoms with Gasteiger partial charge in [0.15, 0.2) is 17.5 Å². The van der Waals surface area contributed by atoms with Gasteiger partial charge in [0.05, 0.1) is 23.6 Å². The lowest BCUT2D eigenvalue weighted by Gasteiger charge is -2.10. The molecule has 0 amide bonds. The third kappa shape index (κ3) is 1.94. The molecule has 0 radical (unpaired) electrons. The van der Waals surface area contributed by atoms with Gasteiger partial charge < -0.3 is 11.5 Å². The van der Waals surface area contributed by atoms with E-state index < -0.39 is 17.6 Å². The molecule has 2 heterocycles. The lowest BCUT2D eigenvalue weighted by Crippen LogP contribution is -2.12. The van der Waals surface area contributed by atoms with Crippen molar-refractivity contribution >= 4 is 11.5 Å². The Bertz CT molecular complexity index is 589. The summed E-state index contributed by atoms with van der Waals surface area (Å²) >= 11 is 0. The fourth-order valence-corrected chi connectivity index (χ4v) is 1.31. The second kappa shape index (κ2) is 3.86. The molecular formula is C9H7F4N5. The normalized spacial score (nSPS) is 11.8. The minimum atomic E-state index is -4.82. The summed E-state index contributed by atoms with van der Waals surface area (Å²) in [6.07, 6.45) is -3.21. The zero-order chi connectivity index (χ0) is 13.5. The zero-order valence-electron chi connectivity index (χ0n) is 8.74. The van der Waals surface area contributed by atoms with Gasteiger partial charge in [0.2, 0.25) is 0 Å². The molecule has 0 saturated heterocycles. The fraction of sp³-hybridized carbons (Fsp3) is 0.111. The van der Waals surface area contributed by atoms with Crippen molar-refractivity contribution in [1.82, 2.24) is 14.8 Å². The summed E-state index contributed by atoms with van der Waals surface area (Å²) in [6.45, 7) is 0. The van der Waals surface area contributed by atoms with Gasteiger partial charge in [-0.05, 0) is 6.07 Å². The van der Waals surface area contributed by atoms with Crippen LogP contribution in [0.25, 0.3) is 5.82 Å². The Labute approximate surface area is 98.0 Å². The molecule has 2 aromatic rings. The standard InChI is InChI=1S/C9H7F4N5/c10-5-2-16-7(1-4(5)9(11,12)13)18-8(15)6(14)3-17-18/h1-3H,14-15H2. The Kier molecular flexibility index (Phi) is 2.60. The number of rotatable bonds is 1. The Morgan fingerprint density at radius 2 is 1.83 bits per heavy atom. The summed E-state index contributed by atoms with van der Waals surface area (Å²) in [5, 5.41) is 3.65. The number of hydrogen-bond acceptors (Lipinski definition) is 4. The van der Waals surface area contributed by atoms with Crippen molar-refractivity contribution in [2.75, 3.05) is 11.5 Å². The van der Waals surface area contributed by atoms with Crippen LogP contribution in [0.15, 0.2) is 18.5 Å². The average molecular weight is 261 g/mol. The minimum Gasteiger partial charge on any atom is -0.394 e. The first-order valence-corrected chi connectivity index (χ1v) is 4.63. The van der Waals surface area contributed by atoms with Crippen LogP contribution in [0.3, 0.4) is 0 Å². The molecule has 0 atom stereocenters. The number of pyridine rings is 1. The van der Waals surface area contributed by atoms with E-state index in [4.69, 9.17) is 11.5 Å². The Morgan fingerprint density at radius 3 is 2.33 bits per heavy atom. The van der Waals surface area contributed by atoms with Crippen molar-refractivity contribution in [3.05, 3.63) is 29.8 Å².